The minimum absolute atomic E-state index is 0.0946. The fourth-order valence-electron chi connectivity index (χ4n) is 10.7. The topological polar surface area (TPSA) is 4.93 Å². The van der Waals surface area contributed by atoms with Crippen LogP contribution in [0.5, 0.6) is 0 Å². The van der Waals surface area contributed by atoms with E-state index in [9.17, 15) is 0 Å². The molecule has 13 rings (SSSR count). The molecule has 1 aliphatic carbocycles. The van der Waals surface area contributed by atoms with Crippen LogP contribution in [-0.2, 0) is 5.41 Å². The molecular formula is C63H43NS. The third-order valence-electron chi connectivity index (χ3n) is 14.0. The van der Waals surface area contributed by atoms with Crippen LogP contribution in [0.4, 0.5) is 0 Å². The number of aromatic nitrogens is 1. The van der Waals surface area contributed by atoms with Gasteiger partial charge in [-0.05, 0) is 151 Å². The van der Waals surface area contributed by atoms with E-state index in [2.05, 4.69) is 243 Å². The Morgan fingerprint density at radius 1 is 0.323 bits per heavy atom. The van der Waals surface area contributed by atoms with Crippen molar-refractivity contribution in [3.05, 3.63) is 236 Å². The summed E-state index contributed by atoms with van der Waals surface area (Å²) in [7, 11) is 0. The van der Waals surface area contributed by atoms with Crippen molar-refractivity contribution in [3.8, 4) is 72.4 Å². The van der Waals surface area contributed by atoms with Crippen LogP contribution in [0.25, 0.3) is 114 Å². The highest BCUT2D eigenvalue weighted by Crippen LogP contribution is 2.50. The molecule has 1 nitrogen and oxygen atoms in total. The smallest absolute Gasteiger partial charge is 0.0541 e. The van der Waals surface area contributed by atoms with Gasteiger partial charge in [-0.2, -0.15) is 0 Å². The highest BCUT2D eigenvalue weighted by Gasteiger charge is 2.35. The molecule has 0 saturated heterocycles. The zero-order valence-corrected chi connectivity index (χ0v) is 37.0. The van der Waals surface area contributed by atoms with E-state index in [4.69, 9.17) is 0 Å². The second-order valence-corrected chi connectivity index (χ2v) is 19.1. The molecule has 0 saturated carbocycles. The van der Waals surface area contributed by atoms with Gasteiger partial charge in [0.1, 0.15) is 0 Å². The first-order chi connectivity index (χ1) is 32.0. The van der Waals surface area contributed by atoms with Crippen LogP contribution in [0.15, 0.2) is 224 Å². The molecule has 2 heterocycles. The summed E-state index contributed by atoms with van der Waals surface area (Å²) < 4.78 is 5.05. The molecule has 0 radical (unpaired) electrons. The SMILES string of the molecule is CC1(C)c2ccccc2-c2ccc(-c3cc(-c4ccc5sc6c(-c7ccccc7)cccc6c5c4)cc(-c4ccc5c(c4)c4cc(-c6ccccc6)ccc4n5-c4ccccc4)c3)cc21. The minimum atomic E-state index is -0.0946. The van der Waals surface area contributed by atoms with Gasteiger partial charge in [0.25, 0.3) is 0 Å². The predicted molar refractivity (Wildman–Crippen MR) is 278 cm³/mol. The molecule has 0 fully saturated rings. The van der Waals surface area contributed by atoms with Crippen LogP contribution in [-0.4, -0.2) is 4.57 Å². The first-order valence-electron chi connectivity index (χ1n) is 22.6. The highest BCUT2D eigenvalue weighted by molar-refractivity contribution is 7.26. The molecule has 0 amide bonds. The molecule has 0 unspecified atom stereocenters. The standard InChI is InChI=1S/C63H43NS/c1-63(2)57-24-13-12-21-51(57)52-29-25-45(39-58(52)63)48-34-46(33-47(35-48)44-28-32-61-56(38-44)53-23-14-22-50(62(53)65-61)41-17-8-4-9-18-41)43-27-31-60-55(37-43)54-36-42(40-15-6-3-7-16-40)26-30-59(54)64(60)49-19-10-5-11-20-49/h3-39H,1-2H3. The molecule has 0 atom stereocenters. The van der Waals surface area contributed by atoms with Gasteiger partial charge in [-0.15, -0.1) is 11.3 Å². The number of hydrogen-bond donors (Lipinski definition) is 0. The summed E-state index contributed by atoms with van der Waals surface area (Å²) in [6, 6.07) is 83.5. The maximum Gasteiger partial charge on any atom is 0.0541 e. The van der Waals surface area contributed by atoms with E-state index < -0.39 is 0 Å². The molecule has 0 spiro atoms. The van der Waals surface area contributed by atoms with E-state index >= 15 is 0 Å². The van der Waals surface area contributed by atoms with Crippen LogP contribution < -0.4 is 0 Å². The molecule has 0 aliphatic heterocycles. The van der Waals surface area contributed by atoms with Gasteiger partial charge in [-0.25, -0.2) is 0 Å². The third-order valence-corrected chi connectivity index (χ3v) is 15.2. The zero-order valence-electron chi connectivity index (χ0n) is 36.2. The molecule has 1 aliphatic rings. The van der Waals surface area contributed by atoms with Crippen molar-refractivity contribution >= 4 is 53.3 Å². The van der Waals surface area contributed by atoms with Crippen LogP contribution in [0, 0.1) is 0 Å². The average molecular weight is 846 g/mol. The summed E-state index contributed by atoms with van der Waals surface area (Å²) in [5, 5.41) is 5.09. The van der Waals surface area contributed by atoms with Gasteiger partial charge in [0.15, 0.2) is 0 Å². The number of thiophene rings is 1. The number of fused-ring (bicyclic) bond motifs is 9. The van der Waals surface area contributed by atoms with Crippen molar-refractivity contribution in [2.75, 3.05) is 0 Å². The van der Waals surface area contributed by atoms with Crippen LogP contribution in [0.1, 0.15) is 25.0 Å². The highest BCUT2D eigenvalue weighted by atomic mass is 32.1. The number of hydrogen-bond acceptors (Lipinski definition) is 1. The van der Waals surface area contributed by atoms with E-state index in [1.54, 1.807) is 0 Å². The van der Waals surface area contributed by atoms with Gasteiger partial charge in [0.05, 0.1) is 11.0 Å². The lowest BCUT2D eigenvalue weighted by atomic mass is 9.81. The molecule has 12 aromatic rings. The second kappa shape index (κ2) is 14.6. The number of para-hydroxylation sites is 1. The van der Waals surface area contributed by atoms with Crippen molar-refractivity contribution in [1.82, 2.24) is 4.57 Å². The molecular weight excluding hydrogens is 803 g/mol. The van der Waals surface area contributed by atoms with Gasteiger partial charge in [-0.1, -0.05) is 166 Å². The summed E-state index contributed by atoms with van der Waals surface area (Å²) in [4.78, 5) is 0. The molecule has 306 valence electrons. The fourth-order valence-corrected chi connectivity index (χ4v) is 11.9. The lowest BCUT2D eigenvalue weighted by molar-refractivity contribution is 0.660. The Bertz CT molecular complexity index is 3830. The molecule has 10 aromatic carbocycles. The van der Waals surface area contributed by atoms with E-state index in [0.29, 0.717) is 0 Å². The Labute approximate surface area is 383 Å². The van der Waals surface area contributed by atoms with Crippen LogP contribution >= 0.6 is 11.3 Å². The van der Waals surface area contributed by atoms with E-state index in [0.717, 1.165) is 5.69 Å². The summed E-state index contributed by atoms with van der Waals surface area (Å²) in [6.45, 7) is 4.74. The Hall–Kier alpha value is -7.78. The van der Waals surface area contributed by atoms with Crippen LogP contribution in [0.3, 0.4) is 0 Å². The first-order valence-corrected chi connectivity index (χ1v) is 23.4. The number of rotatable bonds is 6. The fraction of sp³-hybridized carbons (Fsp3) is 0.0476. The summed E-state index contributed by atoms with van der Waals surface area (Å²) in [5.74, 6) is 0. The average Bonchev–Trinajstić information content (AvgIpc) is 3.99. The second-order valence-electron chi connectivity index (χ2n) is 18.1. The maximum atomic E-state index is 2.46. The van der Waals surface area contributed by atoms with Gasteiger partial charge >= 0.3 is 0 Å². The number of nitrogens with zero attached hydrogens (tertiary/aromatic N) is 1. The van der Waals surface area contributed by atoms with Gasteiger partial charge in [0, 0.05) is 42.0 Å². The minimum Gasteiger partial charge on any atom is -0.309 e. The largest absolute Gasteiger partial charge is 0.309 e. The van der Waals surface area contributed by atoms with Crippen LogP contribution in [0.2, 0.25) is 0 Å². The van der Waals surface area contributed by atoms with E-state index in [-0.39, 0.29) is 5.41 Å². The number of benzene rings is 10. The van der Waals surface area contributed by atoms with Crippen molar-refractivity contribution in [1.29, 1.82) is 0 Å². The zero-order chi connectivity index (χ0) is 43.2. The van der Waals surface area contributed by atoms with E-state index in [1.807, 2.05) is 11.3 Å². The molecule has 2 aromatic heterocycles. The molecule has 0 N–H and O–H groups in total. The Kier molecular flexibility index (Phi) is 8.50. The Morgan fingerprint density at radius 2 is 0.831 bits per heavy atom. The lowest BCUT2D eigenvalue weighted by Gasteiger charge is -2.22. The maximum absolute atomic E-state index is 2.46. The van der Waals surface area contributed by atoms with Gasteiger partial charge in [-0.3, -0.25) is 0 Å². The van der Waals surface area contributed by atoms with Crippen molar-refractivity contribution in [2.45, 2.75) is 19.3 Å². The Balaban J connectivity index is 1.02. The summed E-state index contributed by atoms with van der Waals surface area (Å²) in [6.07, 6.45) is 0. The quantitative estimate of drug-likeness (QED) is 0.157. The lowest BCUT2D eigenvalue weighted by Crippen LogP contribution is -2.14. The van der Waals surface area contributed by atoms with Gasteiger partial charge in [0.2, 0.25) is 0 Å². The molecule has 2 heteroatoms. The molecule has 65 heavy (non-hydrogen) atoms. The Morgan fingerprint density at radius 3 is 1.51 bits per heavy atom. The first kappa shape index (κ1) is 37.7. The van der Waals surface area contributed by atoms with Gasteiger partial charge < -0.3 is 4.57 Å². The van der Waals surface area contributed by atoms with E-state index in [1.165, 1.54) is 120 Å². The van der Waals surface area contributed by atoms with Crippen molar-refractivity contribution < 1.29 is 0 Å². The molecule has 0 bridgehead atoms. The van der Waals surface area contributed by atoms with Crippen molar-refractivity contribution in [2.24, 2.45) is 0 Å². The normalized spacial score (nSPS) is 12.9. The predicted octanol–water partition coefficient (Wildman–Crippen LogP) is 17.8. The third kappa shape index (κ3) is 6.05. The summed E-state index contributed by atoms with van der Waals surface area (Å²) >= 11 is 1.89. The van der Waals surface area contributed by atoms with Crippen molar-refractivity contribution in [3.63, 3.8) is 0 Å². The summed E-state index contributed by atoms with van der Waals surface area (Å²) in [5.41, 5.74) is 21.2. The monoisotopic (exact) mass is 845 g/mol.